The van der Waals surface area contributed by atoms with Crippen LogP contribution >= 0.6 is 7.92 Å². The van der Waals surface area contributed by atoms with E-state index in [1.54, 1.807) is 17.1 Å². The van der Waals surface area contributed by atoms with E-state index in [9.17, 15) is 14.5 Å². The Balaban J connectivity index is 1.37. The molecular formula is C27H37N4O4P. The Bertz CT molecular complexity index is 1180. The Labute approximate surface area is 214 Å². The molecule has 5 aliphatic rings. The molecule has 0 spiro atoms. The number of hydrogen-bond acceptors (Lipinski definition) is 6. The Hall–Kier alpha value is -2.11. The average molecular weight is 513 g/mol. The van der Waals surface area contributed by atoms with Crippen LogP contribution in [0, 0.1) is 28.8 Å². The number of aromatic nitrogens is 2. The zero-order valence-corrected chi connectivity index (χ0v) is 22.4. The van der Waals surface area contributed by atoms with E-state index in [1.807, 2.05) is 25.4 Å². The number of rotatable bonds is 9. The second-order valence-electron chi connectivity index (χ2n) is 12.3. The number of carbonyl (C=O) groups is 1. The molecule has 3 atom stereocenters. The van der Waals surface area contributed by atoms with Gasteiger partial charge >= 0.3 is 150 Å². The van der Waals surface area contributed by atoms with Crippen LogP contribution in [0.15, 0.2) is 30.6 Å². The van der Waals surface area contributed by atoms with Gasteiger partial charge in [-0.25, -0.2) is 4.79 Å². The minimum atomic E-state index is -0.873. The van der Waals surface area contributed by atoms with Crippen LogP contribution in [0.1, 0.15) is 58.1 Å². The van der Waals surface area contributed by atoms with Crippen LogP contribution in [0.3, 0.4) is 0 Å². The maximum atomic E-state index is 11.8. The maximum absolute atomic E-state index is 11.8. The molecule has 1 aliphatic heterocycles. The summed E-state index contributed by atoms with van der Waals surface area (Å²) in [4.78, 5) is 13.6. The van der Waals surface area contributed by atoms with Gasteiger partial charge < -0.3 is 10.0 Å². The van der Waals surface area contributed by atoms with Gasteiger partial charge in [-0.2, -0.15) is 0 Å². The van der Waals surface area contributed by atoms with Crippen LogP contribution in [0.25, 0.3) is 0 Å². The third kappa shape index (κ3) is 4.77. The summed E-state index contributed by atoms with van der Waals surface area (Å²) in [6.45, 7) is 9.59. The zero-order valence-electron chi connectivity index (χ0n) is 21.5. The molecule has 9 heteroatoms. The van der Waals surface area contributed by atoms with Crippen LogP contribution in [0.4, 0.5) is 5.69 Å². The first-order chi connectivity index (χ1) is 17.1. The van der Waals surface area contributed by atoms with Crippen LogP contribution in [-0.4, -0.2) is 52.2 Å². The van der Waals surface area contributed by atoms with Gasteiger partial charge in [-0.05, 0) is 13.0 Å². The van der Waals surface area contributed by atoms with Crippen LogP contribution < -0.4 is 10.2 Å². The van der Waals surface area contributed by atoms with Crippen molar-refractivity contribution in [3.05, 3.63) is 36.3 Å². The molecule has 0 aromatic carbocycles. The molecule has 4 bridgehead atoms. The number of carboxylic acid groups (broad SMARTS) is 1. The van der Waals surface area contributed by atoms with Gasteiger partial charge in [0.1, 0.15) is 6.04 Å². The van der Waals surface area contributed by atoms with E-state index in [-0.39, 0.29) is 29.8 Å². The summed E-state index contributed by atoms with van der Waals surface area (Å²) >= 11 is 0. The van der Waals surface area contributed by atoms with Crippen LogP contribution in [0.2, 0.25) is 0 Å². The molecule has 4 aliphatic carbocycles. The first kappa shape index (κ1) is 25.5. The van der Waals surface area contributed by atoms with Crippen molar-refractivity contribution in [2.75, 3.05) is 24.6 Å². The standard InChI is InChI=1S/C27H37N4O4P/c1-20-22(30-9-5-4-6-21(30)23(32)33)12-29-31(20)19-26-14-24(2)13-25(3,15-26)17-27(16-24,18-26)35-10-7-28-8-11-36-34/h4-6,9,12,21,28H,7-8,10,13-19H2,1-3H3,(H,32,33). The number of aliphatic carboxylic acids is 1. The van der Waals surface area contributed by atoms with Crippen molar-refractivity contribution in [3.63, 3.8) is 0 Å². The molecular weight excluding hydrogens is 475 g/mol. The molecule has 6 rings (SSSR count). The Kier molecular flexibility index (Phi) is 6.61. The molecule has 2 heterocycles. The monoisotopic (exact) mass is 512 g/mol. The molecule has 0 amide bonds. The molecule has 4 saturated carbocycles. The van der Waals surface area contributed by atoms with Crippen molar-refractivity contribution < 1.29 is 19.2 Å². The van der Waals surface area contributed by atoms with Crippen LogP contribution in [-0.2, 0) is 20.6 Å². The van der Waals surface area contributed by atoms with E-state index in [1.165, 1.54) is 19.3 Å². The fourth-order valence-corrected chi connectivity index (χ4v) is 8.94. The summed E-state index contributed by atoms with van der Waals surface area (Å²) in [6, 6.07) is -0.725. The third-order valence-electron chi connectivity index (χ3n) is 8.65. The molecule has 2 N–H and O–H groups in total. The van der Waals surface area contributed by atoms with Crippen LogP contribution in [0.5, 0.6) is 0 Å². The van der Waals surface area contributed by atoms with Gasteiger partial charge in [0.05, 0.1) is 11.9 Å². The fourth-order valence-electron chi connectivity index (χ4n) is 8.76. The van der Waals surface area contributed by atoms with Gasteiger partial charge in [-0.1, -0.05) is 12.2 Å². The molecule has 1 aromatic rings. The Morgan fingerprint density at radius 2 is 1.97 bits per heavy atom. The number of carboxylic acids is 1. The van der Waals surface area contributed by atoms with Crippen molar-refractivity contribution in [2.45, 2.75) is 77.5 Å². The summed E-state index contributed by atoms with van der Waals surface area (Å²) in [6.07, 6.45) is 15.8. The Morgan fingerprint density at radius 1 is 1.22 bits per heavy atom. The summed E-state index contributed by atoms with van der Waals surface area (Å²) < 4.78 is 19.4. The first-order valence-electron chi connectivity index (χ1n) is 12.9. The molecule has 3 unspecified atom stereocenters. The number of hydrogen-bond donors (Lipinski definition) is 2. The fraction of sp³-hybridized carbons (Fsp3) is 0.667. The molecule has 1 aromatic heterocycles. The van der Waals surface area contributed by atoms with Gasteiger partial charge in [0, 0.05) is 6.20 Å². The first-order valence-corrected chi connectivity index (χ1v) is 13.7. The minimum absolute atomic E-state index is 0.0666. The average Bonchev–Trinajstić information content (AvgIpc) is 3.13. The van der Waals surface area contributed by atoms with Crippen molar-refractivity contribution in [1.29, 1.82) is 0 Å². The predicted octanol–water partition coefficient (Wildman–Crippen LogP) is 4.51. The summed E-state index contributed by atoms with van der Waals surface area (Å²) in [5.41, 5.74) is 5.04. The molecule has 194 valence electrons. The third-order valence-corrected chi connectivity index (χ3v) is 8.94. The summed E-state index contributed by atoms with van der Waals surface area (Å²) in [5.74, 6) is -0.873. The number of anilines is 1. The van der Waals surface area contributed by atoms with E-state index in [4.69, 9.17) is 9.84 Å². The van der Waals surface area contributed by atoms with E-state index < -0.39 is 12.0 Å². The SMILES string of the molecule is Cc1c(N2C=CC=CC2C(=O)O)cnn1CC12CC3(C)CC(C)(C1)CC(OCCNCC#P=O)(C3)C2. The van der Waals surface area contributed by atoms with Crippen molar-refractivity contribution in [1.82, 2.24) is 15.1 Å². The second kappa shape index (κ2) is 9.33. The predicted molar refractivity (Wildman–Crippen MR) is 139 cm³/mol. The number of allylic oxidation sites excluding steroid dienone is 2. The molecule has 8 nitrogen and oxygen atoms in total. The number of nitrogens with one attached hydrogen (secondary N) is 1. The van der Waals surface area contributed by atoms with Gasteiger partial charge in [-0.3, -0.25) is 0 Å². The van der Waals surface area contributed by atoms with Gasteiger partial charge in [0.2, 0.25) is 0 Å². The topological polar surface area (TPSA) is 96.7 Å². The van der Waals surface area contributed by atoms with Crippen molar-refractivity contribution in [3.8, 4) is 5.63 Å². The molecule has 4 fully saturated rings. The van der Waals surface area contributed by atoms with Crippen molar-refractivity contribution >= 4 is 19.6 Å². The number of nitrogens with zero attached hydrogens (tertiary/aromatic N) is 3. The summed E-state index contributed by atoms with van der Waals surface area (Å²) in [5, 5.41) is 17.7. The van der Waals surface area contributed by atoms with Gasteiger partial charge in [0.15, 0.2) is 0 Å². The summed E-state index contributed by atoms with van der Waals surface area (Å²) in [7, 11) is -0.0666. The van der Waals surface area contributed by atoms with Gasteiger partial charge in [0.25, 0.3) is 0 Å². The zero-order chi connectivity index (χ0) is 25.6. The molecule has 36 heavy (non-hydrogen) atoms. The number of ether oxygens (including phenoxy) is 1. The van der Waals surface area contributed by atoms with Gasteiger partial charge in [-0.15, -0.1) is 0 Å². The quantitative estimate of drug-likeness (QED) is 0.371. The Morgan fingerprint density at radius 3 is 2.67 bits per heavy atom. The normalized spacial score (nSPS) is 36.3. The van der Waals surface area contributed by atoms with E-state index in [0.717, 1.165) is 43.7 Å². The van der Waals surface area contributed by atoms with E-state index in [2.05, 4.69) is 29.5 Å². The van der Waals surface area contributed by atoms with E-state index in [0.29, 0.717) is 13.2 Å². The molecule has 0 saturated heterocycles. The van der Waals surface area contributed by atoms with Crippen molar-refractivity contribution in [2.24, 2.45) is 16.2 Å². The van der Waals surface area contributed by atoms with E-state index >= 15 is 0 Å². The molecule has 0 radical (unpaired) electrons. The second-order valence-corrected chi connectivity index (χ2v) is 12.8.